The van der Waals surface area contributed by atoms with Gasteiger partial charge in [-0.2, -0.15) is 0 Å². The molecule has 6 heteroatoms. The quantitative estimate of drug-likeness (QED) is 0.512. The molecule has 2 N–H and O–H groups in total. The lowest BCUT2D eigenvalue weighted by molar-refractivity contribution is -0.130. The molecular weight excluding hydrogens is 300 g/mol. The van der Waals surface area contributed by atoms with Crippen LogP contribution in [0.3, 0.4) is 0 Å². The lowest BCUT2D eigenvalue weighted by atomic mass is 10.1. The molecule has 1 aromatic heterocycles. The van der Waals surface area contributed by atoms with E-state index in [0.717, 1.165) is 24.1 Å². The maximum absolute atomic E-state index is 11.8. The molecule has 1 rings (SSSR count). The van der Waals surface area contributed by atoms with E-state index in [9.17, 15) is 9.59 Å². The molecule has 0 saturated carbocycles. The van der Waals surface area contributed by atoms with Crippen molar-refractivity contribution in [3.8, 4) is 0 Å². The number of nitrogens with one attached hydrogen (secondary N) is 2. The maximum Gasteiger partial charge on any atom is 0.258 e. The fraction of sp³-hybridized carbons (Fsp3) is 0.500. The van der Waals surface area contributed by atoms with Crippen molar-refractivity contribution in [2.75, 3.05) is 13.7 Å². The predicted molar refractivity (Wildman–Crippen MR) is 88.6 cm³/mol. The van der Waals surface area contributed by atoms with Gasteiger partial charge in [0.2, 0.25) is 5.91 Å². The first kappa shape index (κ1) is 18.2. The molecule has 0 aliphatic heterocycles. The van der Waals surface area contributed by atoms with Crippen LogP contribution in [-0.4, -0.2) is 31.5 Å². The zero-order valence-corrected chi connectivity index (χ0v) is 13.9. The summed E-state index contributed by atoms with van der Waals surface area (Å²) in [6.07, 6.45) is 7.10. The number of rotatable bonds is 10. The van der Waals surface area contributed by atoms with Gasteiger partial charge in [-0.1, -0.05) is 19.4 Å². The van der Waals surface area contributed by atoms with Crippen molar-refractivity contribution in [2.24, 2.45) is 0 Å². The molecule has 0 radical (unpaired) electrons. The molecule has 0 bridgehead atoms. The SMILES string of the molecule is CCCC/C=C/OCC(=O)N[C@@H](Cc1cccs1)C(=O)NC. The number of ether oxygens (including phenoxy) is 1. The first-order valence-corrected chi connectivity index (χ1v) is 8.35. The Bertz CT molecular complexity index is 472. The van der Waals surface area contributed by atoms with E-state index in [2.05, 4.69) is 17.6 Å². The van der Waals surface area contributed by atoms with Gasteiger partial charge in [0, 0.05) is 18.3 Å². The first-order chi connectivity index (χ1) is 10.7. The number of carbonyl (C=O) groups is 2. The van der Waals surface area contributed by atoms with E-state index in [1.807, 2.05) is 23.6 Å². The summed E-state index contributed by atoms with van der Waals surface area (Å²) in [5.74, 6) is -0.509. The minimum absolute atomic E-state index is 0.0828. The van der Waals surface area contributed by atoms with Crippen LogP contribution in [-0.2, 0) is 20.7 Å². The number of hydrogen-bond donors (Lipinski definition) is 2. The number of amides is 2. The van der Waals surface area contributed by atoms with Crippen LogP contribution < -0.4 is 10.6 Å². The standard InChI is InChI=1S/C16H24N2O3S/c1-3-4-5-6-9-21-12-15(19)18-14(16(20)17-2)11-13-8-7-10-22-13/h6-10,14H,3-5,11-12H2,1-2H3,(H,17,20)(H,18,19)/b9-6+/t14-/m0/s1. The molecule has 122 valence electrons. The van der Waals surface area contributed by atoms with Gasteiger partial charge in [-0.05, 0) is 30.4 Å². The van der Waals surface area contributed by atoms with Crippen LogP contribution in [0.2, 0.25) is 0 Å². The smallest absolute Gasteiger partial charge is 0.258 e. The third kappa shape index (κ3) is 7.26. The van der Waals surface area contributed by atoms with E-state index in [4.69, 9.17) is 4.74 Å². The summed E-state index contributed by atoms with van der Waals surface area (Å²) >= 11 is 1.56. The molecule has 1 heterocycles. The summed E-state index contributed by atoms with van der Waals surface area (Å²) in [7, 11) is 1.56. The van der Waals surface area contributed by atoms with Crippen molar-refractivity contribution in [1.82, 2.24) is 10.6 Å². The molecule has 0 aliphatic rings. The highest BCUT2D eigenvalue weighted by atomic mass is 32.1. The zero-order chi connectivity index (χ0) is 16.2. The van der Waals surface area contributed by atoms with Gasteiger partial charge < -0.3 is 15.4 Å². The molecule has 2 amide bonds. The number of unbranched alkanes of at least 4 members (excludes halogenated alkanes) is 2. The molecule has 0 saturated heterocycles. The summed E-state index contributed by atoms with van der Waals surface area (Å²) in [4.78, 5) is 24.7. The van der Waals surface area contributed by atoms with E-state index in [0.29, 0.717) is 6.42 Å². The third-order valence-electron chi connectivity index (χ3n) is 3.01. The van der Waals surface area contributed by atoms with Gasteiger partial charge in [-0.3, -0.25) is 9.59 Å². The highest BCUT2D eigenvalue weighted by Gasteiger charge is 2.20. The number of allylic oxidation sites excluding steroid dienone is 1. The van der Waals surface area contributed by atoms with Crippen molar-refractivity contribution >= 4 is 23.2 Å². The number of hydrogen-bond acceptors (Lipinski definition) is 4. The van der Waals surface area contributed by atoms with E-state index in [1.165, 1.54) is 0 Å². The normalized spacial score (nSPS) is 12.1. The van der Waals surface area contributed by atoms with E-state index in [1.54, 1.807) is 24.6 Å². The Morgan fingerprint density at radius 2 is 2.27 bits per heavy atom. The predicted octanol–water partition coefficient (Wildman–Crippen LogP) is 2.24. The molecule has 22 heavy (non-hydrogen) atoms. The number of thiophene rings is 1. The summed E-state index contributed by atoms with van der Waals surface area (Å²) in [6, 6.07) is 3.29. The van der Waals surface area contributed by atoms with Crippen LogP contribution in [0.25, 0.3) is 0 Å². The van der Waals surface area contributed by atoms with Crippen LogP contribution in [0, 0.1) is 0 Å². The van der Waals surface area contributed by atoms with Gasteiger partial charge in [0.15, 0.2) is 6.61 Å². The van der Waals surface area contributed by atoms with E-state index < -0.39 is 6.04 Å². The number of likely N-dealkylation sites (N-methyl/N-ethyl adjacent to an activating group) is 1. The fourth-order valence-electron chi connectivity index (χ4n) is 1.83. The average molecular weight is 324 g/mol. The molecule has 1 aromatic rings. The Morgan fingerprint density at radius 3 is 2.91 bits per heavy atom. The third-order valence-corrected chi connectivity index (χ3v) is 3.91. The number of carbonyl (C=O) groups excluding carboxylic acids is 2. The summed E-state index contributed by atoms with van der Waals surface area (Å²) in [5, 5.41) is 7.22. The summed E-state index contributed by atoms with van der Waals surface area (Å²) < 4.78 is 5.17. The Balaban J connectivity index is 2.39. The van der Waals surface area contributed by atoms with Crippen LogP contribution in [0.4, 0.5) is 0 Å². The lowest BCUT2D eigenvalue weighted by Crippen LogP contribution is -2.47. The van der Waals surface area contributed by atoms with Crippen LogP contribution >= 0.6 is 11.3 Å². The van der Waals surface area contributed by atoms with Gasteiger partial charge in [0.05, 0.1) is 6.26 Å². The van der Waals surface area contributed by atoms with E-state index in [-0.39, 0.29) is 18.4 Å². The Morgan fingerprint density at radius 1 is 1.45 bits per heavy atom. The van der Waals surface area contributed by atoms with Gasteiger partial charge >= 0.3 is 0 Å². The molecular formula is C16H24N2O3S. The zero-order valence-electron chi connectivity index (χ0n) is 13.1. The topological polar surface area (TPSA) is 67.4 Å². The van der Waals surface area contributed by atoms with Gasteiger partial charge in [-0.25, -0.2) is 0 Å². The molecule has 0 unspecified atom stereocenters. The highest BCUT2D eigenvalue weighted by molar-refractivity contribution is 7.09. The summed E-state index contributed by atoms with van der Waals surface area (Å²) in [5.41, 5.74) is 0. The monoisotopic (exact) mass is 324 g/mol. The first-order valence-electron chi connectivity index (χ1n) is 7.47. The van der Waals surface area contributed by atoms with Gasteiger partial charge in [-0.15, -0.1) is 11.3 Å². The van der Waals surface area contributed by atoms with Crippen molar-refractivity contribution < 1.29 is 14.3 Å². The lowest BCUT2D eigenvalue weighted by Gasteiger charge is -2.16. The van der Waals surface area contributed by atoms with Crippen molar-refractivity contribution in [1.29, 1.82) is 0 Å². The minimum Gasteiger partial charge on any atom is -0.492 e. The van der Waals surface area contributed by atoms with Crippen molar-refractivity contribution in [3.63, 3.8) is 0 Å². The summed E-state index contributed by atoms with van der Waals surface area (Å²) in [6.45, 7) is 2.04. The van der Waals surface area contributed by atoms with Crippen molar-refractivity contribution in [2.45, 2.75) is 38.6 Å². The molecule has 1 atom stereocenters. The Labute approximate surface area is 135 Å². The second-order valence-electron chi connectivity index (χ2n) is 4.84. The second kappa shape index (κ2) is 10.8. The van der Waals surface area contributed by atoms with Crippen LogP contribution in [0.1, 0.15) is 31.1 Å². The Kier molecular flexibility index (Phi) is 8.98. The average Bonchev–Trinajstić information content (AvgIpc) is 3.02. The van der Waals surface area contributed by atoms with Gasteiger partial charge in [0.1, 0.15) is 6.04 Å². The van der Waals surface area contributed by atoms with Crippen LogP contribution in [0.15, 0.2) is 29.9 Å². The fourth-order valence-corrected chi connectivity index (χ4v) is 2.58. The van der Waals surface area contributed by atoms with Gasteiger partial charge in [0.25, 0.3) is 5.91 Å². The molecule has 0 fully saturated rings. The Hall–Kier alpha value is -1.82. The molecule has 0 aliphatic carbocycles. The molecule has 0 aromatic carbocycles. The van der Waals surface area contributed by atoms with E-state index >= 15 is 0 Å². The highest BCUT2D eigenvalue weighted by Crippen LogP contribution is 2.11. The molecule has 0 spiro atoms. The van der Waals surface area contributed by atoms with Crippen LogP contribution in [0.5, 0.6) is 0 Å². The maximum atomic E-state index is 11.8. The molecule has 5 nitrogen and oxygen atoms in total. The second-order valence-corrected chi connectivity index (χ2v) is 5.88. The van der Waals surface area contributed by atoms with Crippen molar-refractivity contribution in [3.05, 3.63) is 34.7 Å². The minimum atomic E-state index is -0.580. The largest absolute Gasteiger partial charge is 0.492 e.